The molecule has 0 fully saturated rings. The van der Waals surface area contributed by atoms with Gasteiger partial charge in [0, 0.05) is 29.2 Å². The van der Waals surface area contributed by atoms with Crippen molar-refractivity contribution < 1.29 is 4.74 Å². The summed E-state index contributed by atoms with van der Waals surface area (Å²) in [6.45, 7) is 4.70. The quantitative estimate of drug-likeness (QED) is 0.672. The molecule has 2 N–H and O–H groups in total. The third kappa shape index (κ3) is 4.18. The molecule has 0 aromatic carbocycles. The van der Waals surface area contributed by atoms with E-state index in [4.69, 9.17) is 10.5 Å². The van der Waals surface area contributed by atoms with Gasteiger partial charge in [0.1, 0.15) is 11.8 Å². The van der Waals surface area contributed by atoms with E-state index in [-0.39, 0.29) is 0 Å². The van der Waals surface area contributed by atoms with Gasteiger partial charge in [0.05, 0.1) is 18.4 Å². The Labute approximate surface area is 154 Å². The molecule has 132 valence electrons. The van der Waals surface area contributed by atoms with Crippen molar-refractivity contribution in [2.24, 2.45) is 5.73 Å². The Morgan fingerprint density at radius 2 is 2.23 bits per heavy atom. The number of fused-ring (bicyclic) bond motifs is 1. The summed E-state index contributed by atoms with van der Waals surface area (Å²) in [7, 11) is 1.66. The second kappa shape index (κ2) is 9.20. The monoisotopic (exact) mass is 345 g/mol. The lowest BCUT2D eigenvalue weighted by molar-refractivity contribution is 0.287. The van der Waals surface area contributed by atoms with Crippen molar-refractivity contribution >= 4 is 12.2 Å². The highest BCUT2D eigenvalue weighted by molar-refractivity contribution is 5.56. The van der Waals surface area contributed by atoms with Gasteiger partial charge in [0.25, 0.3) is 0 Å². The van der Waals surface area contributed by atoms with Crippen molar-refractivity contribution in [3.63, 3.8) is 0 Å². The van der Waals surface area contributed by atoms with Gasteiger partial charge in [0.2, 0.25) is 0 Å². The number of nitriles is 1. The Morgan fingerprint density at radius 3 is 2.88 bits per heavy atom. The van der Waals surface area contributed by atoms with Crippen molar-refractivity contribution in [3.05, 3.63) is 69.7 Å². The Morgan fingerprint density at radius 1 is 1.42 bits per heavy atom. The number of methoxy groups -OCH3 is 1. The van der Waals surface area contributed by atoms with Crippen LogP contribution in [0.5, 0.6) is 0 Å². The molecule has 26 heavy (non-hydrogen) atoms. The van der Waals surface area contributed by atoms with Crippen LogP contribution >= 0.6 is 0 Å². The SMILES string of the molecule is C\C=C/C=C(N)\C=C\C#Cc1c(C#N)c2c(n1CC)=CCC(OC)=CC=2. The maximum atomic E-state index is 9.67. The Balaban J connectivity index is 2.52. The molecule has 0 amide bonds. The summed E-state index contributed by atoms with van der Waals surface area (Å²) >= 11 is 0. The summed E-state index contributed by atoms with van der Waals surface area (Å²) in [5, 5.41) is 11.6. The largest absolute Gasteiger partial charge is 0.501 e. The van der Waals surface area contributed by atoms with Crippen LogP contribution in [0.15, 0.2) is 47.9 Å². The average Bonchev–Trinajstić information content (AvgIpc) is 2.78. The first-order valence-corrected chi connectivity index (χ1v) is 8.50. The van der Waals surface area contributed by atoms with Crippen molar-refractivity contribution in [1.82, 2.24) is 4.57 Å². The van der Waals surface area contributed by atoms with Gasteiger partial charge >= 0.3 is 0 Å². The molecular formula is C22H23N3O. The highest BCUT2D eigenvalue weighted by Gasteiger charge is 2.13. The summed E-state index contributed by atoms with van der Waals surface area (Å²) in [6.07, 6.45) is 15.6. The summed E-state index contributed by atoms with van der Waals surface area (Å²) in [4.78, 5) is 0. The number of ether oxygens (including phenoxy) is 1. The van der Waals surface area contributed by atoms with E-state index < -0.39 is 0 Å². The zero-order valence-corrected chi connectivity index (χ0v) is 15.4. The fourth-order valence-electron chi connectivity index (χ4n) is 2.72. The number of hydrogen-bond acceptors (Lipinski definition) is 3. The normalized spacial score (nSPS) is 13.8. The number of rotatable bonds is 4. The van der Waals surface area contributed by atoms with Crippen LogP contribution in [-0.2, 0) is 11.3 Å². The van der Waals surface area contributed by atoms with Crippen LogP contribution in [-0.4, -0.2) is 11.7 Å². The molecular weight excluding hydrogens is 322 g/mol. The molecule has 1 aliphatic rings. The second-order valence-corrected chi connectivity index (χ2v) is 5.59. The molecule has 2 rings (SSSR count). The van der Waals surface area contributed by atoms with Gasteiger partial charge in [-0.05, 0) is 50.1 Å². The van der Waals surface area contributed by atoms with Gasteiger partial charge in [-0.3, -0.25) is 0 Å². The number of hydrogen-bond donors (Lipinski definition) is 1. The number of nitrogens with two attached hydrogens (primary N) is 1. The smallest absolute Gasteiger partial charge is 0.111 e. The summed E-state index contributed by atoms with van der Waals surface area (Å²) < 4.78 is 7.39. The van der Waals surface area contributed by atoms with E-state index in [9.17, 15) is 5.26 Å². The van der Waals surface area contributed by atoms with Crippen molar-refractivity contribution in [1.29, 1.82) is 5.26 Å². The Bertz CT molecular complexity index is 1010. The third-order valence-corrected chi connectivity index (χ3v) is 4.00. The van der Waals surface area contributed by atoms with Crippen LogP contribution in [0.3, 0.4) is 0 Å². The third-order valence-electron chi connectivity index (χ3n) is 4.00. The van der Waals surface area contributed by atoms with Gasteiger partial charge in [0.15, 0.2) is 0 Å². The van der Waals surface area contributed by atoms with Gasteiger partial charge < -0.3 is 15.0 Å². The van der Waals surface area contributed by atoms with Gasteiger partial charge in [-0.25, -0.2) is 0 Å². The van der Waals surface area contributed by atoms with Crippen LogP contribution < -0.4 is 16.3 Å². The highest BCUT2D eigenvalue weighted by Crippen LogP contribution is 2.08. The number of allylic oxidation sites excluding steroid dienone is 7. The molecule has 0 unspecified atom stereocenters. The van der Waals surface area contributed by atoms with Crippen molar-refractivity contribution in [2.75, 3.05) is 7.11 Å². The molecule has 0 atom stereocenters. The minimum Gasteiger partial charge on any atom is -0.501 e. The maximum absolute atomic E-state index is 9.67. The van der Waals surface area contributed by atoms with E-state index in [1.165, 1.54) is 0 Å². The van der Waals surface area contributed by atoms with Crippen LogP contribution in [0.2, 0.25) is 0 Å². The van der Waals surface area contributed by atoms with Crippen molar-refractivity contribution in [2.45, 2.75) is 26.8 Å². The first kappa shape index (κ1) is 19.0. The Kier molecular flexibility index (Phi) is 6.71. The average molecular weight is 345 g/mol. The molecule has 0 aliphatic heterocycles. The summed E-state index contributed by atoms with van der Waals surface area (Å²) in [6, 6.07) is 2.30. The van der Waals surface area contributed by atoms with Gasteiger partial charge in [-0.2, -0.15) is 5.26 Å². The lowest BCUT2D eigenvalue weighted by atomic mass is 10.2. The maximum Gasteiger partial charge on any atom is 0.111 e. The minimum absolute atomic E-state index is 0.588. The van der Waals surface area contributed by atoms with E-state index in [1.807, 2.05) is 38.2 Å². The summed E-state index contributed by atoms with van der Waals surface area (Å²) in [5.74, 6) is 6.96. The molecule has 1 heterocycles. The zero-order chi connectivity index (χ0) is 18.9. The van der Waals surface area contributed by atoms with E-state index in [1.54, 1.807) is 25.3 Å². The lowest BCUT2D eigenvalue weighted by Crippen LogP contribution is -2.29. The molecule has 1 aromatic heterocycles. The zero-order valence-electron chi connectivity index (χ0n) is 15.4. The van der Waals surface area contributed by atoms with E-state index >= 15 is 0 Å². The molecule has 1 aliphatic carbocycles. The highest BCUT2D eigenvalue weighted by atomic mass is 16.5. The predicted molar refractivity (Wildman–Crippen MR) is 106 cm³/mol. The van der Waals surface area contributed by atoms with Gasteiger partial charge in [-0.15, -0.1) is 0 Å². The van der Waals surface area contributed by atoms with E-state index in [0.717, 1.165) is 28.6 Å². The molecule has 4 nitrogen and oxygen atoms in total. The fourth-order valence-corrected chi connectivity index (χ4v) is 2.72. The van der Waals surface area contributed by atoms with Crippen LogP contribution in [0.4, 0.5) is 0 Å². The van der Waals surface area contributed by atoms with Crippen LogP contribution in [0, 0.1) is 23.2 Å². The van der Waals surface area contributed by atoms with E-state index in [0.29, 0.717) is 17.7 Å². The lowest BCUT2D eigenvalue weighted by Gasteiger charge is -2.02. The van der Waals surface area contributed by atoms with Gasteiger partial charge in [-0.1, -0.05) is 24.1 Å². The Hall–Kier alpha value is -3.37. The fraction of sp³-hybridized carbons (Fsp3) is 0.227. The molecule has 0 radical (unpaired) electrons. The number of nitrogens with zero attached hydrogens (tertiary/aromatic N) is 2. The standard InChI is InChI=1S/C22H23N3O/c1-4-6-9-17(24)10-7-8-11-21-20(16-23)19-14-12-18(26-3)13-15-22(19)25(21)5-2/h4,6-7,9-10,12,14-15H,5,13,24H2,1-3H3/b6-4-,10-7+,17-9+. The molecule has 0 spiro atoms. The minimum atomic E-state index is 0.588. The molecule has 1 aromatic rings. The topological polar surface area (TPSA) is 64.0 Å². The number of aromatic nitrogens is 1. The van der Waals surface area contributed by atoms with Crippen LogP contribution in [0.1, 0.15) is 31.5 Å². The second-order valence-electron chi connectivity index (χ2n) is 5.59. The first-order valence-electron chi connectivity index (χ1n) is 8.50. The molecule has 0 saturated carbocycles. The molecule has 0 bridgehead atoms. The summed E-state index contributed by atoms with van der Waals surface area (Å²) in [5.41, 5.74) is 7.78. The first-order chi connectivity index (χ1) is 12.7. The van der Waals surface area contributed by atoms with Crippen molar-refractivity contribution in [3.8, 4) is 17.9 Å². The van der Waals surface area contributed by atoms with E-state index in [2.05, 4.69) is 28.6 Å². The van der Waals surface area contributed by atoms with Crippen LogP contribution in [0.25, 0.3) is 12.2 Å². The molecule has 4 heteroatoms. The molecule has 0 saturated heterocycles. The predicted octanol–water partition coefficient (Wildman–Crippen LogP) is 2.20.